The van der Waals surface area contributed by atoms with Crippen LogP contribution < -0.4 is 9.47 Å². The van der Waals surface area contributed by atoms with E-state index >= 15 is 0 Å². The van der Waals surface area contributed by atoms with E-state index in [1.54, 1.807) is 25.3 Å². The summed E-state index contributed by atoms with van der Waals surface area (Å²) in [6, 6.07) is 10.8. The molecule has 20 heavy (non-hydrogen) atoms. The Labute approximate surface area is 126 Å². The molecule has 0 aliphatic carbocycles. The molecule has 0 N–H and O–H groups in total. The molecule has 0 bridgehead atoms. The van der Waals surface area contributed by atoms with Crippen molar-refractivity contribution in [1.82, 2.24) is 0 Å². The zero-order valence-corrected chi connectivity index (χ0v) is 13.2. The molecule has 2 aromatic rings. The van der Waals surface area contributed by atoms with E-state index < -0.39 is 0 Å². The van der Waals surface area contributed by atoms with Crippen molar-refractivity contribution in [2.45, 2.75) is 6.92 Å². The number of methoxy groups -OCH3 is 2. The molecular formula is C16H15BrO3. The molecule has 0 aromatic heterocycles. The third-order valence-corrected chi connectivity index (χ3v) is 3.68. The van der Waals surface area contributed by atoms with Gasteiger partial charge in [0.2, 0.25) is 0 Å². The molecular weight excluding hydrogens is 320 g/mol. The zero-order chi connectivity index (χ0) is 14.7. The van der Waals surface area contributed by atoms with Crippen LogP contribution in [0.4, 0.5) is 0 Å². The zero-order valence-electron chi connectivity index (χ0n) is 11.6. The Morgan fingerprint density at radius 2 is 1.70 bits per heavy atom. The molecule has 0 radical (unpaired) electrons. The SMILES string of the molecule is COc1ccc(C(=O)c2ccc(C)cc2Br)c(OC)c1. The molecule has 3 nitrogen and oxygen atoms in total. The standard InChI is InChI=1S/C16H15BrO3/c1-10-4-6-12(14(17)8-10)16(18)13-7-5-11(19-2)9-15(13)20-3/h4-9H,1-3H3. The van der Waals surface area contributed by atoms with Crippen molar-refractivity contribution in [3.63, 3.8) is 0 Å². The number of carbonyl (C=O) groups excluding carboxylic acids is 1. The van der Waals surface area contributed by atoms with Crippen LogP contribution in [0.5, 0.6) is 11.5 Å². The highest BCUT2D eigenvalue weighted by Gasteiger charge is 2.17. The molecule has 0 spiro atoms. The number of ketones is 1. The van der Waals surface area contributed by atoms with Crippen LogP contribution in [0.25, 0.3) is 0 Å². The lowest BCUT2D eigenvalue weighted by Gasteiger charge is -2.11. The van der Waals surface area contributed by atoms with Crippen LogP contribution in [0.3, 0.4) is 0 Å². The molecule has 2 aromatic carbocycles. The number of benzene rings is 2. The number of aryl methyl sites for hydroxylation is 1. The molecule has 0 heterocycles. The molecule has 0 fully saturated rings. The fraction of sp³-hybridized carbons (Fsp3) is 0.188. The van der Waals surface area contributed by atoms with E-state index in [0.29, 0.717) is 22.6 Å². The predicted octanol–water partition coefficient (Wildman–Crippen LogP) is 4.01. The van der Waals surface area contributed by atoms with Gasteiger partial charge in [-0.25, -0.2) is 0 Å². The van der Waals surface area contributed by atoms with Crippen molar-refractivity contribution in [3.8, 4) is 11.5 Å². The third-order valence-electron chi connectivity index (χ3n) is 3.02. The molecule has 0 unspecified atom stereocenters. The minimum atomic E-state index is -0.0867. The number of hydrogen-bond acceptors (Lipinski definition) is 3. The van der Waals surface area contributed by atoms with Gasteiger partial charge in [-0.05, 0) is 36.8 Å². The summed E-state index contributed by atoms with van der Waals surface area (Å²) in [6.07, 6.45) is 0. The highest BCUT2D eigenvalue weighted by Crippen LogP contribution is 2.29. The van der Waals surface area contributed by atoms with Crippen LogP contribution in [-0.4, -0.2) is 20.0 Å². The van der Waals surface area contributed by atoms with Crippen molar-refractivity contribution in [1.29, 1.82) is 0 Å². The largest absolute Gasteiger partial charge is 0.497 e. The minimum Gasteiger partial charge on any atom is -0.497 e. The maximum Gasteiger partial charge on any atom is 0.197 e. The normalized spacial score (nSPS) is 10.2. The van der Waals surface area contributed by atoms with Crippen LogP contribution in [0.15, 0.2) is 40.9 Å². The topological polar surface area (TPSA) is 35.5 Å². The van der Waals surface area contributed by atoms with E-state index in [-0.39, 0.29) is 5.78 Å². The third kappa shape index (κ3) is 2.85. The van der Waals surface area contributed by atoms with E-state index in [0.717, 1.165) is 10.0 Å². The fourth-order valence-corrected chi connectivity index (χ4v) is 2.61. The molecule has 104 valence electrons. The van der Waals surface area contributed by atoms with Crippen LogP contribution in [0.2, 0.25) is 0 Å². The summed E-state index contributed by atoms with van der Waals surface area (Å²) in [7, 11) is 3.11. The first-order chi connectivity index (χ1) is 9.56. The molecule has 0 aliphatic heterocycles. The fourth-order valence-electron chi connectivity index (χ4n) is 1.94. The lowest BCUT2D eigenvalue weighted by molar-refractivity contribution is 0.103. The molecule has 0 saturated carbocycles. The second kappa shape index (κ2) is 6.09. The quantitative estimate of drug-likeness (QED) is 0.792. The second-order valence-corrected chi connectivity index (χ2v) is 5.23. The van der Waals surface area contributed by atoms with Gasteiger partial charge in [-0.2, -0.15) is 0 Å². The Bertz CT molecular complexity index is 650. The highest BCUT2D eigenvalue weighted by molar-refractivity contribution is 9.10. The Morgan fingerprint density at radius 1 is 1.00 bits per heavy atom. The van der Waals surface area contributed by atoms with Gasteiger partial charge < -0.3 is 9.47 Å². The maximum atomic E-state index is 12.6. The summed E-state index contributed by atoms with van der Waals surface area (Å²) in [5, 5.41) is 0. The van der Waals surface area contributed by atoms with Gasteiger partial charge >= 0.3 is 0 Å². The van der Waals surface area contributed by atoms with E-state index in [4.69, 9.17) is 9.47 Å². The summed E-state index contributed by atoms with van der Waals surface area (Å²) in [5.74, 6) is 1.07. The summed E-state index contributed by atoms with van der Waals surface area (Å²) in [4.78, 5) is 12.6. The Kier molecular flexibility index (Phi) is 4.45. The van der Waals surface area contributed by atoms with Gasteiger partial charge in [-0.3, -0.25) is 4.79 Å². The molecule has 0 atom stereocenters. The van der Waals surface area contributed by atoms with Gasteiger partial charge in [-0.1, -0.05) is 22.0 Å². The van der Waals surface area contributed by atoms with Gasteiger partial charge in [-0.15, -0.1) is 0 Å². The van der Waals surface area contributed by atoms with Gasteiger partial charge in [0, 0.05) is 16.1 Å². The van der Waals surface area contributed by atoms with E-state index in [9.17, 15) is 4.79 Å². The number of carbonyl (C=O) groups is 1. The Hall–Kier alpha value is -1.81. The highest BCUT2D eigenvalue weighted by atomic mass is 79.9. The molecule has 0 saturated heterocycles. The lowest BCUT2D eigenvalue weighted by atomic mass is 10.0. The van der Waals surface area contributed by atoms with E-state index in [1.165, 1.54) is 7.11 Å². The lowest BCUT2D eigenvalue weighted by Crippen LogP contribution is -2.05. The number of halogens is 1. The number of rotatable bonds is 4. The number of ether oxygens (including phenoxy) is 2. The van der Waals surface area contributed by atoms with Crippen molar-refractivity contribution < 1.29 is 14.3 Å². The van der Waals surface area contributed by atoms with E-state index in [1.807, 2.05) is 25.1 Å². The molecule has 2 rings (SSSR count). The molecule has 4 heteroatoms. The van der Waals surface area contributed by atoms with Crippen molar-refractivity contribution in [2.24, 2.45) is 0 Å². The van der Waals surface area contributed by atoms with Crippen LogP contribution in [0.1, 0.15) is 21.5 Å². The predicted molar refractivity (Wildman–Crippen MR) is 81.9 cm³/mol. The molecule has 0 amide bonds. The van der Waals surface area contributed by atoms with Crippen molar-refractivity contribution >= 4 is 21.7 Å². The smallest absolute Gasteiger partial charge is 0.197 e. The number of hydrogen-bond donors (Lipinski definition) is 0. The second-order valence-electron chi connectivity index (χ2n) is 4.38. The first kappa shape index (κ1) is 14.6. The minimum absolute atomic E-state index is 0.0867. The summed E-state index contributed by atoms with van der Waals surface area (Å²) in [6.45, 7) is 1.98. The van der Waals surface area contributed by atoms with Gasteiger partial charge in [0.25, 0.3) is 0 Å². The van der Waals surface area contributed by atoms with E-state index in [2.05, 4.69) is 15.9 Å². The van der Waals surface area contributed by atoms with Gasteiger partial charge in [0.15, 0.2) is 5.78 Å². The monoisotopic (exact) mass is 334 g/mol. The first-order valence-corrected chi connectivity index (χ1v) is 6.89. The van der Waals surface area contributed by atoms with Gasteiger partial charge in [0.1, 0.15) is 11.5 Å². The van der Waals surface area contributed by atoms with Crippen LogP contribution in [0, 0.1) is 6.92 Å². The van der Waals surface area contributed by atoms with Crippen LogP contribution in [-0.2, 0) is 0 Å². The first-order valence-electron chi connectivity index (χ1n) is 6.09. The Morgan fingerprint density at radius 3 is 2.30 bits per heavy atom. The average Bonchev–Trinajstić information content (AvgIpc) is 2.46. The van der Waals surface area contributed by atoms with Crippen molar-refractivity contribution in [2.75, 3.05) is 14.2 Å². The molecule has 0 aliphatic rings. The summed E-state index contributed by atoms with van der Waals surface area (Å²) < 4.78 is 11.2. The average molecular weight is 335 g/mol. The van der Waals surface area contributed by atoms with Crippen LogP contribution >= 0.6 is 15.9 Å². The Balaban J connectivity index is 2.47. The maximum absolute atomic E-state index is 12.6. The summed E-state index contributed by atoms with van der Waals surface area (Å²) in [5.41, 5.74) is 2.21. The summed E-state index contributed by atoms with van der Waals surface area (Å²) >= 11 is 3.43. The van der Waals surface area contributed by atoms with Gasteiger partial charge in [0.05, 0.1) is 19.8 Å². The van der Waals surface area contributed by atoms with Crippen molar-refractivity contribution in [3.05, 3.63) is 57.6 Å².